The average Bonchev–Trinajstić information content (AvgIpc) is 2.82. The lowest BCUT2D eigenvalue weighted by Gasteiger charge is -2.32. The minimum atomic E-state index is -0.364. The van der Waals surface area contributed by atoms with E-state index in [0.717, 1.165) is 29.9 Å². The van der Waals surface area contributed by atoms with Crippen LogP contribution in [-0.4, -0.2) is 45.6 Å². The normalized spacial score (nSPS) is 20.1. The van der Waals surface area contributed by atoms with Gasteiger partial charge in [-0.05, 0) is 37.1 Å². The van der Waals surface area contributed by atoms with Gasteiger partial charge in [-0.3, -0.25) is 0 Å². The third-order valence-electron chi connectivity index (χ3n) is 4.12. The number of aromatic nitrogens is 2. The molecule has 2 heterocycles. The van der Waals surface area contributed by atoms with Crippen molar-refractivity contribution in [2.24, 2.45) is 0 Å². The van der Waals surface area contributed by atoms with E-state index in [-0.39, 0.29) is 23.0 Å². The fraction of sp³-hybridized carbons (Fsp3) is 0.500. The molecule has 0 aliphatic carbocycles. The Labute approximate surface area is 143 Å². The third kappa shape index (κ3) is 3.16. The number of halogens is 1. The number of carbonyl (C=O) groups excluding carboxylic acids is 1. The topological polar surface area (TPSA) is 53.3 Å². The summed E-state index contributed by atoms with van der Waals surface area (Å²) in [5, 5.41) is -0.231. The standard InChI is InChI=1S/C16H18ClN2O3Si/c1-9(17)15-18-11-4-3-10(16(20)21-2)7-12(11)19(15)8-14(23)13-5-6-22-13/h3-4,7,9,13-14H,5-6,8H2,1-2H3/t9-,13-,14?/m0/s1. The maximum Gasteiger partial charge on any atom is 0.337 e. The zero-order valence-corrected chi connectivity index (χ0v) is 14.8. The number of hydrogen-bond donors (Lipinski definition) is 0. The SMILES string of the molecule is COC(=O)c1ccc2nc([C@H](C)Cl)n(CC([Si])[C@@H]3CCO3)c2c1. The van der Waals surface area contributed by atoms with Gasteiger partial charge >= 0.3 is 5.97 Å². The highest BCUT2D eigenvalue weighted by Gasteiger charge is 2.27. The molecular formula is C16H18ClN2O3Si. The Morgan fingerprint density at radius 3 is 2.91 bits per heavy atom. The zero-order chi connectivity index (χ0) is 16.6. The zero-order valence-electron chi connectivity index (χ0n) is 13.1. The van der Waals surface area contributed by atoms with Gasteiger partial charge < -0.3 is 14.0 Å². The lowest BCUT2D eigenvalue weighted by Crippen LogP contribution is -2.33. The number of fused-ring (bicyclic) bond motifs is 1. The van der Waals surface area contributed by atoms with Crippen molar-refractivity contribution in [1.82, 2.24) is 9.55 Å². The molecule has 0 bridgehead atoms. The van der Waals surface area contributed by atoms with E-state index in [9.17, 15) is 4.79 Å². The Morgan fingerprint density at radius 2 is 2.35 bits per heavy atom. The molecule has 1 unspecified atom stereocenters. The van der Waals surface area contributed by atoms with Gasteiger partial charge in [0.25, 0.3) is 0 Å². The molecular weight excluding hydrogens is 332 g/mol. The summed E-state index contributed by atoms with van der Waals surface area (Å²) in [6.07, 6.45) is 1.24. The summed E-state index contributed by atoms with van der Waals surface area (Å²) in [5.41, 5.74) is 2.35. The number of carbonyl (C=O) groups is 1. The number of hydrogen-bond acceptors (Lipinski definition) is 4. The molecule has 23 heavy (non-hydrogen) atoms. The molecule has 121 valence electrons. The number of nitrogens with zero attached hydrogens (tertiary/aromatic N) is 2. The minimum Gasteiger partial charge on any atom is -0.465 e. The third-order valence-corrected chi connectivity index (χ3v) is 4.87. The largest absolute Gasteiger partial charge is 0.465 e. The summed E-state index contributed by atoms with van der Waals surface area (Å²) in [4.78, 5) is 16.4. The molecule has 3 radical (unpaired) electrons. The van der Waals surface area contributed by atoms with Gasteiger partial charge in [-0.1, -0.05) is 0 Å². The quantitative estimate of drug-likeness (QED) is 0.473. The van der Waals surface area contributed by atoms with E-state index >= 15 is 0 Å². The van der Waals surface area contributed by atoms with E-state index in [0.29, 0.717) is 12.1 Å². The molecule has 1 saturated heterocycles. The molecule has 0 spiro atoms. The summed E-state index contributed by atoms with van der Waals surface area (Å²) in [5.74, 6) is 0.420. The van der Waals surface area contributed by atoms with E-state index in [4.69, 9.17) is 21.1 Å². The number of ether oxygens (including phenoxy) is 2. The van der Waals surface area contributed by atoms with Gasteiger partial charge in [0.2, 0.25) is 0 Å². The van der Waals surface area contributed by atoms with Crippen molar-refractivity contribution in [1.29, 1.82) is 0 Å². The summed E-state index contributed by atoms with van der Waals surface area (Å²) in [6.45, 7) is 3.37. The molecule has 1 aromatic carbocycles. The summed E-state index contributed by atoms with van der Waals surface area (Å²) >= 11 is 6.30. The van der Waals surface area contributed by atoms with Crippen molar-refractivity contribution in [3.63, 3.8) is 0 Å². The van der Waals surface area contributed by atoms with Crippen LogP contribution in [0.25, 0.3) is 11.0 Å². The lowest BCUT2D eigenvalue weighted by atomic mass is 10.1. The second-order valence-corrected chi connectivity index (χ2v) is 7.09. The number of benzene rings is 1. The molecule has 7 heteroatoms. The highest BCUT2D eigenvalue weighted by Crippen LogP contribution is 2.30. The van der Waals surface area contributed by atoms with Crippen LogP contribution in [-0.2, 0) is 16.0 Å². The number of esters is 1. The highest BCUT2D eigenvalue weighted by atomic mass is 35.5. The summed E-state index contributed by atoms with van der Waals surface area (Å²) in [6, 6.07) is 5.34. The average molecular weight is 350 g/mol. The fourth-order valence-electron chi connectivity index (χ4n) is 2.77. The smallest absolute Gasteiger partial charge is 0.337 e. The van der Waals surface area contributed by atoms with Gasteiger partial charge in [-0.2, -0.15) is 0 Å². The van der Waals surface area contributed by atoms with Crippen LogP contribution in [0.5, 0.6) is 0 Å². The van der Waals surface area contributed by atoms with Crippen LogP contribution in [0.15, 0.2) is 18.2 Å². The molecule has 0 N–H and O–H groups in total. The first kappa shape index (κ1) is 16.5. The maximum atomic E-state index is 11.8. The number of alkyl halides is 1. The van der Waals surface area contributed by atoms with Crippen LogP contribution < -0.4 is 0 Å². The van der Waals surface area contributed by atoms with Crippen molar-refractivity contribution < 1.29 is 14.3 Å². The second kappa shape index (κ2) is 6.63. The molecule has 1 fully saturated rings. The van der Waals surface area contributed by atoms with Gasteiger partial charge in [-0.25, -0.2) is 9.78 Å². The summed E-state index contributed by atoms with van der Waals surface area (Å²) < 4.78 is 12.4. The molecule has 3 atom stereocenters. The van der Waals surface area contributed by atoms with Crippen LogP contribution in [0.2, 0.25) is 5.54 Å². The van der Waals surface area contributed by atoms with Crippen molar-refractivity contribution in [2.45, 2.75) is 36.9 Å². The lowest BCUT2D eigenvalue weighted by molar-refractivity contribution is -0.0555. The van der Waals surface area contributed by atoms with E-state index in [2.05, 4.69) is 19.8 Å². The monoisotopic (exact) mass is 349 g/mol. The number of rotatable bonds is 5. The Morgan fingerprint density at radius 1 is 1.61 bits per heavy atom. The Balaban J connectivity index is 2.03. The van der Waals surface area contributed by atoms with Gasteiger partial charge in [0.1, 0.15) is 5.82 Å². The summed E-state index contributed by atoms with van der Waals surface area (Å²) in [7, 11) is 5.13. The first-order chi connectivity index (χ1) is 11.0. The van der Waals surface area contributed by atoms with Crippen molar-refractivity contribution in [2.75, 3.05) is 13.7 Å². The highest BCUT2D eigenvalue weighted by molar-refractivity contribution is 6.20. The molecule has 0 saturated carbocycles. The molecule has 1 aromatic heterocycles. The van der Waals surface area contributed by atoms with Crippen LogP contribution in [0.1, 0.15) is 34.9 Å². The first-order valence-electron chi connectivity index (χ1n) is 7.56. The van der Waals surface area contributed by atoms with E-state index in [1.54, 1.807) is 12.1 Å². The Kier molecular flexibility index (Phi) is 4.75. The van der Waals surface area contributed by atoms with Crippen LogP contribution in [0, 0.1) is 0 Å². The van der Waals surface area contributed by atoms with Crippen LogP contribution in [0.3, 0.4) is 0 Å². The first-order valence-corrected chi connectivity index (χ1v) is 8.58. The van der Waals surface area contributed by atoms with Gasteiger partial charge in [0, 0.05) is 23.4 Å². The van der Waals surface area contributed by atoms with E-state index in [1.807, 2.05) is 13.0 Å². The number of methoxy groups -OCH3 is 1. The van der Waals surface area contributed by atoms with Gasteiger partial charge in [-0.15, -0.1) is 11.6 Å². The molecule has 1 aliphatic heterocycles. The molecule has 1 aliphatic rings. The minimum absolute atomic E-state index is 0.164. The van der Waals surface area contributed by atoms with Crippen molar-refractivity contribution >= 4 is 38.8 Å². The number of imidazole rings is 1. The Hall–Kier alpha value is -1.37. The van der Waals surface area contributed by atoms with E-state index < -0.39 is 0 Å². The molecule has 5 nitrogen and oxygen atoms in total. The molecule has 0 amide bonds. The molecule has 2 aromatic rings. The van der Waals surface area contributed by atoms with Crippen LogP contribution in [0.4, 0.5) is 0 Å². The van der Waals surface area contributed by atoms with Crippen LogP contribution >= 0.6 is 11.6 Å². The maximum absolute atomic E-state index is 11.8. The fourth-order valence-corrected chi connectivity index (χ4v) is 3.38. The Bertz CT molecular complexity index is 727. The molecule has 3 rings (SSSR count). The predicted molar refractivity (Wildman–Crippen MR) is 89.2 cm³/mol. The van der Waals surface area contributed by atoms with Gasteiger partial charge in [0.15, 0.2) is 0 Å². The predicted octanol–water partition coefficient (Wildman–Crippen LogP) is 2.87. The van der Waals surface area contributed by atoms with Crippen molar-refractivity contribution in [3.8, 4) is 0 Å². The van der Waals surface area contributed by atoms with Gasteiger partial charge in [0.05, 0.1) is 35.2 Å². The van der Waals surface area contributed by atoms with E-state index in [1.165, 1.54) is 7.11 Å². The second-order valence-electron chi connectivity index (χ2n) is 5.70. The van der Waals surface area contributed by atoms with Crippen molar-refractivity contribution in [3.05, 3.63) is 29.6 Å².